The van der Waals surface area contributed by atoms with Crippen molar-refractivity contribution in [2.45, 2.75) is 40.2 Å². The largest absolute Gasteiger partial charge is 0.321 e. The zero-order valence-corrected chi connectivity index (χ0v) is 8.68. The Kier molecular flexibility index (Phi) is 2.11. The first-order valence-electron chi connectivity index (χ1n) is 4.53. The van der Waals surface area contributed by atoms with E-state index >= 15 is 0 Å². The first kappa shape index (κ1) is 10.4. The minimum absolute atomic E-state index is 0.269. The Morgan fingerprint density at radius 3 is 2.15 bits per heavy atom. The van der Waals surface area contributed by atoms with E-state index in [0.717, 1.165) is 0 Å². The average molecular weight is 183 g/mol. The Morgan fingerprint density at radius 2 is 1.69 bits per heavy atom. The van der Waals surface area contributed by atoms with E-state index in [1.54, 1.807) is 13.8 Å². The lowest BCUT2D eigenvalue weighted by atomic mass is 9.62. The van der Waals surface area contributed by atoms with Gasteiger partial charge in [0.05, 0.1) is 6.04 Å². The van der Waals surface area contributed by atoms with Crippen molar-refractivity contribution in [2.24, 2.45) is 16.6 Å². The predicted octanol–water partition coefficient (Wildman–Crippen LogP) is 0.908. The molecule has 0 bridgehead atoms. The molecular formula is C10H17NO2. The lowest BCUT2D eigenvalue weighted by molar-refractivity contribution is -0.149. The van der Waals surface area contributed by atoms with Crippen LogP contribution in [0.1, 0.15) is 34.1 Å². The Morgan fingerprint density at radius 1 is 1.23 bits per heavy atom. The normalized spacial score (nSPS) is 31.9. The summed E-state index contributed by atoms with van der Waals surface area (Å²) in [7, 11) is 0. The molecule has 0 amide bonds. The highest BCUT2D eigenvalue weighted by atomic mass is 16.2. The number of carbonyl (C=O) groups is 2. The third-order valence-electron chi connectivity index (χ3n) is 2.86. The van der Waals surface area contributed by atoms with E-state index in [-0.39, 0.29) is 11.2 Å². The molecule has 1 aliphatic carbocycles. The molecule has 74 valence electrons. The van der Waals surface area contributed by atoms with Crippen LogP contribution in [0.3, 0.4) is 0 Å². The van der Waals surface area contributed by atoms with Crippen molar-refractivity contribution in [1.82, 2.24) is 0 Å². The van der Waals surface area contributed by atoms with Gasteiger partial charge in [0.1, 0.15) is 0 Å². The van der Waals surface area contributed by atoms with Gasteiger partial charge in [-0.3, -0.25) is 9.59 Å². The first-order chi connectivity index (χ1) is 5.68. The number of ketones is 2. The van der Waals surface area contributed by atoms with Gasteiger partial charge in [-0.05, 0) is 11.8 Å². The van der Waals surface area contributed by atoms with Crippen molar-refractivity contribution >= 4 is 11.6 Å². The van der Waals surface area contributed by atoms with E-state index in [0.29, 0.717) is 6.42 Å². The maximum atomic E-state index is 11.5. The van der Waals surface area contributed by atoms with Gasteiger partial charge in [0.15, 0.2) is 0 Å². The second-order valence-corrected chi connectivity index (χ2v) is 5.22. The minimum atomic E-state index is -0.631. The summed E-state index contributed by atoms with van der Waals surface area (Å²) in [5.74, 6) is -0.736. The summed E-state index contributed by atoms with van der Waals surface area (Å²) >= 11 is 0. The van der Waals surface area contributed by atoms with Gasteiger partial charge in [0.2, 0.25) is 11.6 Å². The highest BCUT2D eigenvalue weighted by molar-refractivity contribution is 6.41. The molecule has 0 aromatic rings. The van der Waals surface area contributed by atoms with Crippen LogP contribution >= 0.6 is 0 Å². The number of rotatable bonds is 0. The van der Waals surface area contributed by atoms with E-state index < -0.39 is 17.2 Å². The number of hydrogen-bond donors (Lipinski definition) is 1. The average Bonchev–Trinajstić information content (AvgIpc) is 1.96. The minimum Gasteiger partial charge on any atom is -0.321 e. The lowest BCUT2D eigenvalue weighted by Gasteiger charge is -2.42. The van der Waals surface area contributed by atoms with Crippen molar-refractivity contribution in [3.63, 3.8) is 0 Å². The zero-order valence-electron chi connectivity index (χ0n) is 8.68. The quantitative estimate of drug-likeness (QED) is 0.568. The molecule has 0 aromatic heterocycles. The third-order valence-corrected chi connectivity index (χ3v) is 2.86. The van der Waals surface area contributed by atoms with Crippen molar-refractivity contribution in [3.8, 4) is 0 Å². The van der Waals surface area contributed by atoms with Crippen LogP contribution in [0.4, 0.5) is 0 Å². The molecule has 0 saturated heterocycles. The molecule has 0 aromatic carbocycles. The van der Waals surface area contributed by atoms with Crippen LogP contribution < -0.4 is 5.73 Å². The molecular weight excluding hydrogens is 166 g/mol. The summed E-state index contributed by atoms with van der Waals surface area (Å²) in [6, 6.07) is -0.631. The summed E-state index contributed by atoms with van der Waals surface area (Å²) < 4.78 is 0. The van der Waals surface area contributed by atoms with Crippen LogP contribution in [0, 0.1) is 10.8 Å². The number of nitrogens with two attached hydrogens (primary N) is 1. The number of hydrogen-bond acceptors (Lipinski definition) is 3. The zero-order chi connectivity index (χ0) is 10.4. The van der Waals surface area contributed by atoms with Crippen molar-refractivity contribution in [3.05, 3.63) is 0 Å². The highest BCUT2D eigenvalue weighted by Gasteiger charge is 2.49. The summed E-state index contributed by atoms with van der Waals surface area (Å²) in [6.45, 7) is 7.48. The molecule has 3 nitrogen and oxygen atoms in total. The molecule has 0 spiro atoms. The smallest absolute Gasteiger partial charge is 0.216 e. The third kappa shape index (κ3) is 1.53. The van der Waals surface area contributed by atoms with Gasteiger partial charge in [-0.1, -0.05) is 27.7 Å². The van der Waals surface area contributed by atoms with Gasteiger partial charge >= 0.3 is 0 Å². The molecule has 1 fully saturated rings. The fraction of sp³-hybridized carbons (Fsp3) is 0.800. The topological polar surface area (TPSA) is 60.2 Å². The fourth-order valence-corrected chi connectivity index (χ4v) is 2.16. The van der Waals surface area contributed by atoms with E-state index in [9.17, 15) is 9.59 Å². The highest BCUT2D eigenvalue weighted by Crippen LogP contribution is 2.41. The van der Waals surface area contributed by atoms with Gasteiger partial charge in [-0.2, -0.15) is 0 Å². The first-order valence-corrected chi connectivity index (χ1v) is 4.53. The number of carbonyl (C=O) groups excluding carboxylic acids is 2. The Labute approximate surface area is 78.7 Å². The van der Waals surface area contributed by atoms with Crippen LogP contribution in [0.15, 0.2) is 0 Å². The molecule has 2 N–H and O–H groups in total. The Bertz CT molecular complexity index is 266. The molecule has 3 heteroatoms. The van der Waals surface area contributed by atoms with Gasteiger partial charge in [0.25, 0.3) is 0 Å². The van der Waals surface area contributed by atoms with Gasteiger partial charge in [0, 0.05) is 5.41 Å². The summed E-state index contributed by atoms with van der Waals surface area (Å²) in [5.41, 5.74) is 4.88. The second-order valence-electron chi connectivity index (χ2n) is 5.22. The maximum Gasteiger partial charge on any atom is 0.216 e. The fourth-order valence-electron chi connectivity index (χ4n) is 2.16. The van der Waals surface area contributed by atoms with E-state index in [2.05, 4.69) is 0 Å². The monoisotopic (exact) mass is 183 g/mol. The van der Waals surface area contributed by atoms with Gasteiger partial charge in [-0.25, -0.2) is 0 Å². The van der Waals surface area contributed by atoms with E-state index in [1.165, 1.54) is 0 Å². The van der Waals surface area contributed by atoms with Crippen molar-refractivity contribution in [2.75, 3.05) is 0 Å². The summed E-state index contributed by atoms with van der Waals surface area (Å²) in [4.78, 5) is 23.0. The van der Waals surface area contributed by atoms with Gasteiger partial charge < -0.3 is 5.73 Å². The predicted molar refractivity (Wildman–Crippen MR) is 50.2 cm³/mol. The Hall–Kier alpha value is -0.700. The Balaban J connectivity index is 3.07. The van der Waals surface area contributed by atoms with Crippen LogP contribution in [-0.4, -0.2) is 17.6 Å². The number of Topliss-reactive ketones (excluding diaryl/α,β-unsaturated/α-hetero) is 2. The molecule has 13 heavy (non-hydrogen) atoms. The van der Waals surface area contributed by atoms with Crippen LogP contribution in [0.5, 0.6) is 0 Å². The standard InChI is InChI=1S/C10H17NO2/c1-9(2)5-10(3,4)8(13)6(12)7(9)11/h7H,5,11H2,1-4H3. The van der Waals surface area contributed by atoms with Crippen molar-refractivity contribution < 1.29 is 9.59 Å². The lowest BCUT2D eigenvalue weighted by Crippen LogP contribution is -2.57. The molecule has 1 saturated carbocycles. The van der Waals surface area contributed by atoms with Crippen LogP contribution in [0.2, 0.25) is 0 Å². The second kappa shape index (κ2) is 2.64. The SMILES string of the molecule is CC1(C)CC(C)(C)C(N)C(=O)C1=O. The van der Waals surface area contributed by atoms with Crippen LogP contribution in [0.25, 0.3) is 0 Å². The summed E-state index contributed by atoms with van der Waals surface area (Å²) in [5, 5.41) is 0. The maximum absolute atomic E-state index is 11.5. The molecule has 1 unspecified atom stereocenters. The summed E-state index contributed by atoms with van der Waals surface area (Å²) in [6.07, 6.45) is 0.672. The van der Waals surface area contributed by atoms with Crippen LogP contribution in [-0.2, 0) is 9.59 Å². The van der Waals surface area contributed by atoms with Crippen molar-refractivity contribution in [1.29, 1.82) is 0 Å². The van der Waals surface area contributed by atoms with Gasteiger partial charge in [-0.15, -0.1) is 0 Å². The van der Waals surface area contributed by atoms with E-state index in [1.807, 2.05) is 13.8 Å². The molecule has 0 heterocycles. The van der Waals surface area contributed by atoms with E-state index in [4.69, 9.17) is 5.73 Å². The molecule has 1 aliphatic rings. The molecule has 1 rings (SSSR count). The molecule has 0 aliphatic heterocycles. The molecule has 1 atom stereocenters. The molecule has 0 radical (unpaired) electrons.